The van der Waals surface area contributed by atoms with Crippen molar-refractivity contribution in [2.75, 3.05) is 27.7 Å². The molecule has 0 aromatic heterocycles. The van der Waals surface area contributed by atoms with Gasteiger partial charge in [0.1, 0.15) is 0 Å². The van der Waals surface area contributed by atoms with Gasteiger partial charge >= 0.3 is 0 Å². The Bertz CT molecular complexity index is 201. The van der Waals surface area contributed by atoms with Crippen molar-refractivity contribution in [1.82, 2.24) is 10.2 Å². The number of carbonyl (C=O) groups is 1. The monoisotopic (exact) mass is 214 g/mol. The number of hydrogen-bond donors (Lipinski definition) is 1. The molecule has 4 nitrogen and oxygen atoms in total. The van der Waals surface area contributed by atoms with Crippen molar-refractivity contribution < 1.29 is 9.53 Å². The van der Waals surface area contributed by atoms with Crippen LogP contribution < -0.4 is 5.32 Å². The van der Waals surface area contributed by atoms with Crippen molar-refractivity contribution in [3.63, 3.8) is 0 Å². The number of nitrogens with zero attached hydrogens (tertiary/aromatic N) is 1. The molecule has 0 aliphatic heterocycles. The van der Waals surface area contributed by atoms with Gasteiger partial charge in [-0.25, -0.2) is 0 Å². The molecule has 15 heavy (non-hydrogen) atoms. The summed E-state index contributed by atoms with van der Waals surface area (Å²) in [5.41, 5.74) is 0. The Morgan fingerprint density at radius 2 is 2.13 bits per heavy atom. The first-order valence-corrected chi connectivity index (χ1v) is 5.59. The second kappa shape index (κ2) is 6.08. The fourth-order valence-electron chi connectivity index (χ4n) is 1.69. The van der Waals surface area contributed by atoms with E-state index in [-0.39, 0.29) is 5.91 Å². The molecule has 0 unspecified atom stereocenters. The van der Waals surface area contributed by atoms with E-state index in [1.807, 2.05) is 0 Å². The van der Waals surface area contributed by atoms with Crippen LogP contribution in [0.25, 0.3) is 0 Å². The van der Waals surface area contributed by atoms with Crippen LogP contribution in [-0.4, -0.2) is 50.7 Å². The number of ether oxygens (including phenoxy) is 1. The lowest BCUT2D eigenvalue weighted by Gasteiger charge is -2.34. The molecule has 1 aliphatic rings. The molecular weight excluding hydrogens is 192 g/mol. The largest absolute Gasteiger partial charge is 0.381 e. The Labute approximate surface area is 92.0 Å². The van der Waals surface area contributed by atoms with Gasteiger partial charge in [0.2, 0.25) is 5.91 Å². The van der Waals surface area contributed by atoms with Crippen LogP contribution in [0.1, 0.15) is 25.7 Å². The number of methoxy groups -OCH3 is 1. The predicted octanol–water partition coefficient (Wildman–Crippen LogP) is 0.622. The van der Waals surface area contributed by atoms with Gasteiger partial charge in [0, 0.05) is 33.7 Å². The van der Waals surface area contributed by atoms with Crippen molar-refractivity contribution >= 4 is 5.91 Å². The zero-order valence-electron chi connectivity index (χ0n) is 9.95. The minimum absolute atomic E-state index is 0.208. The molecule has 88 valence electrons. The van der Waals surface area contributed by atoms with Crippen molar-refractivity contribution in [2.24, 2.45) is 0 Å². The second-order valence-corrected chi connectivity index (χ2v) is 4.37. The summed E-state index contributed by atoms with van der Waals surface area (Å²) in [5.74, 6) is 0.208. The summed E-state index contributed by atoms with van der Waals surface area (Å²) in [6, 6.07) is 0.601. The molecule has 0 aromatic rings. The van der Waals surface area contributed by atoms with Crippen LogP contribution in [0, 0.1) is 0 Å². The standard InChI is InChI=1S/C11H22N2O2/c1-13(2)11(14)5-4-6-12-9-7-10(8-9)15-3/h9-10,12H,4-8H2,1-3H3. The first-order valence-electron chi connectivity index (χ1n) is 5.59. The molecule has 0 atom stereocenters. The highest BCUT2D eigenvalue weighted by atomic mass is 16.5. The van der Waals surface area contributed by atoms with E-state index in [2.05, 4.69) is 5.32 Å². The van der Waals surface area contributed by atoms with E-state index in [0.29, 0.717) is 18.6 Å². The Morgan fingerprint density at radius 3 is 2.67 bits per heavy atom. The predicted molar refractivity (Wildman–Crippen MR) is 59.7 cm³/mol. The third-order valence-corrected chi connectivity index (χ3v) is 2.93. The van der Waals surface area contributed by atoms with Gasteiger partial charge in [-0.1, -0.05) is 0 Å². The summed E-state index contributed by atoms with van der Waals surface area (Å²) in [6.07, 6.45) is 4.23. The van der Waals surface area contributed by atoms with E-state index >= 15 is 0 Å². The Balaban J connectivity index is 1.92. The van der Waals surface area contributed by atoms with E-state index in [4.69, 9.17) is 4.74 Å². The molecule has 1 aliphatic carbocycles. The summed E-state index contributed by atoms with van der Waals surface area (Å²) in [5, 5.41) is 3.43. The number of hydrogen-bond acceptors (Lipinski definition) is 3. The zero-order valence-corrected chi connectivity index (χ0v) is 9.95. The maximum absolute atomic E-state index is 11.2. The smallest absolute Gasteiger partial charge is 0.222 e. The Hall–Kier alpha value is -0.610. The van der Waals surface area contributed by atoms with E-state index in [9.17, 15) is 4.79 Å². The first-order chi connectivity index (χ1) is 7.13. The molecule has 1 rings (SSSR count). The van der Waals surface area contributed by atoms with Gasteiger partial charge in [-0.2, -0.15) is 0 Å². The lowest BCUT2D eigenvalue weighted by Crippen LogP contribution is -2.45. The van der Waals surface area contributed by atoms with Crippen molar-refractivity contribution in [1.29, 1.82) is 0 Å². The van der Waals surface area contributed by atoms with Crippen LogP contribution in [0.15, 0.2) is 0 Å². The van der Waals surface area contributed by atoms with E-state index in [1.165, 1.54) is 0 Å². The van der Waals surface area contributed by atoms with Gasteiger partial charge in [-0.05, 0) is 25.8 Å². The van der Waals surface area contributed by atoms with Gasteiger partial charge in [-0.15, -0.1) is 0 Å². The molecule has 0 spiro atoms. The van der Waals surface area contributed by atoms with Crippen LogP contribution in [0.3, 0.4) is 0 Å². The quantitative estimate of drug-likeness (QED) is 0.659. The fraction of sp³-hybridized carbons (Fsp3) is 0.909. The summed E-state index contributed by atoms with van der Waals surface area (Å²) in [6.45, 7) is 0.931. The Morgan fingerprint density at radius 1 is 1.47 bits per heavy atom. The molecule has 0 bridgehead atoms. The minimum atomic E-state index is 0.208. The highest BCUT2D eigenvalue weighted by molar-refractivity contribution is 5.75. The van der Waals surface area contributed by atoms with Gasteiger partial charge in [-0.3, -0.25) is 4.79 Å². The lowest BCUT2D eigenvalue weighted by molar-refractivity contribution is -0.128. The fourth-order valence-corrected chi connectivity index (χ4v) is 1.69. The number of nitrogens with one attached hydrogen (secondary N) is 1. The van der Waals surface area contributed by atoms with Gasteiger partial charge in [0.05, 0.1) is 6.10 Å². The zero-order chi connectivity index (χ0) is 11.3. The van der Waals surface area contributed by atoms with Crippen molar-refractivity contribution in [3.05, 3.63) is 0 Å². The average molecular weight is 214 g/mol. The average Bonchev–Trinajstić information content (AvgIpc) is 2.14. The maximum atomic E-state index is 11.2. The molecule has 0 radical (unpaired) electrons. The first kappa shape index (κ1) is 12.5. The molecule has 1 fully saturated rings. The molecule has 1 saturated carbocycles. The van der Waals surface area contributed by atoms with Gasteiger partial charge < -0.3 is 15.0 Å². The molecule has 0 aromatic carbocycles. The van der Waals surface area contributed by atoms with Crippen molar-refractivity contribution in [3.8, 4) is 0 Å². The normalized spacial score (nSPS) is 24.7. The maximum Gasteiger partial charge on any atom is 0.222 e. The molecule has 0 saturated heterocycles. The third-order valence-electron chi connectivity index (χ3n) is 2.93. The molecule has 1 amide bonds. The van der Waals surface area contributed by atoms with Crippen LogP contribution in [-0.2, 0) is 9.53 Å². The summed E-state index contributed by atoms with van der Waals surface area (Å²) >= 11 is 0. The molecule has 0 heterocycles. The Kier molecular flexibility index (Phi) is 5.05. The minimum Gasteiger partial charge on any atom is -0.381 e. The van der Waals surface area contributed by atoms with Crippen LogP contribution in [0.4, 0.5) is 0 Å². The van der Waals surface area contributed by atoms with E-state index < -0.39 is 0 Å². The van der Waals surface area contributed by atoms with Crippen LogP contribution in [0.2, 0.25) is 0 Å². The van der Waals surface area contributed by atoms with Crippen molar-refractivity contribution in [2.45, 2.75) is 37.8 Å². The number of amides is 1. The number of carbonyl (C=O) groups excluding carboxylic acids is 1. The van der Waals surface area contributed by atoms with Crippen LogP contribution >= 0.6 is 0 Å². The summed E-state index contributed by atoms with van der Waals surface area (Å²) in [4.78, 5) is 12.9. The SMILES string of the molecule is COC1CC(NCCCC(=O)N(C)C)C1. The number of rotatable bonds is 6. The van der Waals surface area contributed by atoms with E-state index in [0.717, 1.165) is 25.8 Å². The third kappa shape index (κ3) is 4.18. The van der Waals surface area contributed by atoms with E-state index in [1.54, 1.807) is 26.1 Å². The van der Waals surface area contributed by atoms with Gasteiger partial charge in [0.25, 0.3) is 0 Å². The van der Waals surface area contributed by atoms with Gasteiger partial charge in [0.15, 0.2) is 0 Å². The molecular formula is C11H22N2O2. The molecule has 4 heteroatoms. The highest BCUT2D eigenvalue weighted by Gasteiger charge is 2.27. The second-order valence-electron chi connectivity index (χ2n) is 4.37. The highest BCUT2D eigenvalue weighted by Crippen LogP contribution is 2.22. The summed E-state index contributed by atoms with van der Waals surface area (Å²) in [7, 11) is 5.35. The topological polar surface area (TPSA) is 41.6 Å². The molecule has 1 N–H and O–H groups in total. The summed E-state index contributed by atoms with van der Waals surface area (Å²) < 4.78 is 5.19. The lowest BCUT2D eigenvalue weighted by atomic mass is 9.89. The van der Waals surface area contributed by atoms with Crippen LogP contribution in [0.5, 0.6) is 0 Å².